The van der Waals surface area contributed by atoms with Crippen molar-refractivity contribution in [2.75, 3.05) is 17.7 Å². The zero-order valence-corrected chi connectivity index (χ0v) is 19.4. The van der Waals surface area contributed by atoms with E-state index in [1.54, 1.807) is 17.6 Å². The van der Waals surface area contributed by atoms with Gasteiger partial charge in [-0.15, -0.1) is 21.5 Å². The van der Waals surface area contributed by atoms with Crippen LogP contribution in [0.15, 0.2) is 35.5 Å². The highest BCUT2D eigenvalue weighted by molar-refractivity contribution is 7.99. The zero-order valence-electron chi connectivity index (χ0n) is 17.8. The van der Waals surface area contributed by atoms with Crippen molar-refractivity contribution >= 4 is 40.0 Å². The highest BCUT2D eigenvalue weighted by Crippen LogP contribution is 2.29. The highest BCUT2D eigenvalue weighted by Gasteiger charge is 2.19. The number of nitrogens with zero attached hydrogens (tertiary/aromatic N) is 3. The number of para-hydroxylation sites is 1. The molecule has 0 aliphatic carbocycles. The van der Waals surface area contributed by atoms with Crippen molar-refractivity contribution in [2.24, 2.45) is 7.05 Å². The van der Waals surface area contributed by atoms with Gasteiger partial charge in [0.1, 0.15) is 17.4 Å². The van der Waals surface area contributed by atoms with Crippen LogP contribution in [-0.4, -0.2) is 39.0 Å². The van der Waals surface area contributed by atoms with Crippen molar-refractivity contribution in [1.82, 2.24) is 14.8 Å². The Kier molecular flexibility index (Phi) is 7.69. The lowest BCUT2D eigenvalue weighted by molar-refractivity contribution is -0.113. The number of anilines is 1. The molecule has 10 heteroatoms. The summed E-state index contributed by atoms with van der Waals surface area (Å²) < 4.78 is 12.7. The molecule has 0 aliphatic rings. The normalized spacial score (nSPS) is 10.7. The molecule has 0 saturated heterocycles. The average Bonchev–Trinajstić information content (AvgIpc) is 3.28. The Balaban J connectivity index is 1.57. The number of thiophene rings is 1. The van der Waals surface area contributed by atoms with Crippen LogP contribution in [0.4, 0.5) is 5.00 Å². The Bertz CT molecular complexity index is 1080. The van der Waals surface area contributed by atoms with Crippen molar-refractivity contribution in [3.63, 3.8) is 0 Å². The molecule has 8 nitrogen and oxygen atoms in total. The number of ether oxygens (including phenoxy) is 2. The van der Waals surface area contributed by atoms with Gasteiger partial charge in [-0.1, -0.05) is 30.0 Å². The summed E-state index contributed by atoms with van der Waals surface area (Å²) in [6.45, 7) is 6.15. The molecule has 3 aromatic rings. The van der Waals surface area contributed by atoms with Crippen molar-refractivity contribution < 1.29 is 19.1 Å². The van der Waals surface area contributed by atoms with Gasteiger partial charge in [0.25, 0.3) is 0 Å². The van der Waals surface area contributed by atoms with Gasteiger partial charge < -0.3 is 19.4 Å². The Morgan fingerprint density at radius 1 is 1.23 bits per heavy atom. The van der Waals surface area contributed by atoms with E-state index >= 15 is 0 Å². The highest BCUT2D eigenvalue weighted by atomic mass is 32.2. The first-order valence-electron chi connectivity index (χ1n) is 9.66. The van der Waals surface area contributed by atoms with Gasteiger partial charge in [-0.3, -0.25) is 4.79 Å². The third-order valence-electron chi connectivity index (χ3n) is 4.31. The molecule has 0 atom stereocenters. The molecular weight excluding hydrogens is 436 g/mol. The predicted molar refractivity (Wildman–Crippen MR) is 121 cm³/mol. The molecule has 0 radical (unpaired) electrons. The molecular formula is C21H24N4O4S2. The van der Waals surface area contributed by atoms with Crippen molar-refractivity contribution in [3.05, 3.63) is 52.2 Å². The minimum atomic E-state index is -0.443. The maximum Gasteiger partial charge on any atom is 0.341 e. The Labute approximate surface area is 189 Å². The maximum absolute atomic E-state index is 12.4. The summed E-state index contributed by atoms with van der Waals surface area (Å²) in [4.78, 5) is 25.4. The zero-order chi connectivity index (χ0) is 22.4. The first-order valence-corrected chi connectivity index (χ1v) is 11.5. The van der Waals surface area contributed by atoms with Gasteiger partial charge in [-0.05, 0) is 38.5 Å². The number of hydrogen-bond acceptors (Lipinski definition) is 8. The van der Waals surface area contributed by atoms with Gasteiger partial charge in [-0.2, -0.15) is 0 Å². The van der Waals surface area contributed by atoms with Crippen LogP contribution in [0.25, 0.3) is 0 Å². The number of carbonyl (C=O) groups is 2. The molecule has 0 saturated carbocycles. The molecule has 0 unspecified atom stereocenters. The molecule has 1 amide bonds. The first kappa shape index (κ1) is 22.8. The number of nitrogens with one attached hydrogen (secondary N) is 1. The Hall–Kier alpha value is -2.85. The molecule has 0 spiro atoms. The van der Waals surface area contributed by atoms with E-state index in [0.29, 0.717) is 21.5 Å². The number of esters is 1. The molecule has 0 fully saturated rings. The number of hydrogen-bond donors (Lipinski definition) is 1. The van der Waals surface area contributed by atoms with Crippen LogP contribution in [0.3, 0.4) is 0 Å². The monoisotopic (exact) mass is 460 g/mol. The summed E-state index contributed by atoms with van der Waals surface area (Å²) in [5, 5.41) is 12.2. The number of thioether (sulfide) groups is 1. The Morgan fingerprint density at radius 3 is 2.74 bits per heavy atom. The number of rotatable bonds is 9. The van der Waals surface area contributed by atoms with E-state index < -0.39 is 5.97 Å². The topological polar surface area (TPSA) is 95.3 Å². The molecule has 1 aromatic carbocycles. The molecule has 0 aliphatic heterocycles. The van der Waals surface area contributed by atoms with Crippen LogP contribution < -0.4 is 10.1 Å². The predicted octanol–water partition coefficient (Wildman–Crippen LogP) is 3.98. The summed E-state index contributed by atoms with van der Waals surface area (Å²) >= 11 is 2.60. The van der Waals surface area contributed by atoms with Crippen molar-refractivity contribution in [1.29, 1.82) is 0 Å². The van der Waals surface area contributed by atoms with E-state index in [1.807, 2.05) is 45.2 Å². The molecule has 3 rings (SSSR count). The summed E-state index contributed by atoms with van der Waals surface area (Å²) in [5.74, 6) is 0.899. The van der Waals surface area contributed by atoms with Crippen LogP contribution in [0.1, 0.15) is 33.5 Å². The first-order chi connectivity index (χ1) is 14.9. The van der Waals surface area contributed by atoms with Gasteiger partial charge in [0.05, 0.1) is 17.9 Å². The van der Waals surface area contributed by atoms with Gasteiger partial charge in [0.2, 0.25) is 5.91 Å². The lowest BCUT2D eigenvalue weighted by atomic mass is 10.2. The standard InChI is InChI=1S/C21H24N4O4S2/c1-5-28-20(27)15-10-14(3)31-19(15)22-18(26)12-30-21-24-23-17(25(21)4)11-29-16-9-7-6-8-13(16)2/h6-10H,5,11-12H2,1-4H3,(H,22,26). The van der Waals surface area contributed by atoms with Crippen LogP contribution in [0, 0.1) is 13.8 Å². The minimum Gasteiger partial charge on any atom is -0.485 e. The number of benzene rings is 1. The second kappa shape index (κ2) is 10.5. The number of amides is 1. The van der Waals surface area contributed by atoms with Crippen molar-refractivity contribution in [2.45, 2.75) is 32.5 Å². The number of carbonyl (C=O) groups excluding carboxylic acids is 2. The molecule has 2 heterocycles. The van der Waals surface area contributed by atoms with Crippen LogP contribution >= 0.6 is 23.1 Å². The molecule has 164 valence electrons. The molecule has 2 aromatic heterocycles. The van der Waals surface area contributed by atoms with Gasteiger partial charge in [0.15, 0.2) is 11.0 Å². The van der Waals surface area contributed by atoms with Gasteiger partial charge in [0, 0.05) is 11.9 Å². The maximum atomic E-state index is 12.4. The summed E-state index contributed by atoms with van der Waals surface area (Å²) in [6, 6.07) is 9.48. The minimum absolute atomic E-state index is 0.129. The fourth-order valence-electron chi connectivity index (χ4n) is 2.72. The van der Waals surface area contributed by atoms with Crippen LogP contribution in [-0.2, 0) is 23.2 Å². The third kappa shape index (κ3) is 5.86. The molecule has 1 N–H and O–H groups in total. The molecule has 0 bridgehead atoms. The van der Waals surface area contributed by atoms with E-state index in [2.05, 4.69) is 15.5 Å². The van der Waals surface area contributed by atoms with Gasteiger partial charge in [-0.25, -0.2) is 4.79 Å². The quantitative estimate of drug-likeness (QED) is 0.381. The Morgan fingerprint density at radius 2 is 2.00 bits per heavy atom. The molecule has 31 heavy (non-hydrogen) atoms. The SMILES string of the molecule is CCOC(=O)c1cc(C)sc1NC(=O)CSc1nnc(COc2ccccc2C)n1C. The van der Waals surface area contributed by atoms with E-state index in [4.69, 9.17) is 9.47 Å². The fraction of sp³-hybridized carbons (Fsp3) is 0.333. The van der Waals surface area contributed by atoms with Crippen LogP contribution in [0.5, 0.6) is 5.75 Å². The number of aromatic nitrogens is 3. The summed E-state index contributed by atoms with van der Waals surface area (Å²) in [6.07, 6.45) is 0. The van der Waals surface area contributed by atoms with E-state index in [0.717, 1.165) is 16.2 Å². The van der Waals surface area contributed by atoms with E-state index in [1.165, 1.54) is 23.1 Å². The number of aryl methyl sites for hydroxylation is 2. The fourth-order valence-corrected chi connectivity index (χ4v) is 4.36. The second-order valence-electron chi connectivity index (χ2n) is 6.67. The van der Waals surface area contributed by atoms with Gasteiger partial charge >= 0.3 is 5.97 Å². The largest absolute Gasteiger partial charge is 0.485 e. The average molecular weight is 461 g/mol. The third-order valence-corrected chi connectivity index (χ3v) is 6.30. The van der Waals surface area contributed by atoms with E-state index in [-0.39, 0.29) is 24.9 Å². The van der Waals surface area contributed by atoms with Crippen molar-refractivity contribution in [3.8, 4) is 5.75 Å². The smallest absolute Gasteiger partial charge is 0.341 e. The lowest BCUT2D eigenvalue weighted by Gasteiger charge is -2.09. The lowest BCUT2D eigenvalue weighted by Crippen LogP contribution is -2.16. The summed E-state index contributed by atoms with van der Waals surface area (Å²) in [5.41, 5.74) is 1.42. The summed E-state index contributed by atoms with van der Waals surface area (Å²) in [7, 11) is 1.83. The second-order valence-corrected chi connectivity index (χ2v) is 8.87. The van der Waals surface area contributed by atoms with Crippen LogP contribution in [0.2, 0.25) is 0 Å². The van der Waals surface area contributed by atoms with E-state index in [9.17, 15) is 9.59 Å².